The molecule has 464 valence electrons. The number of unbranched alkanes of at least 4 members (excludes halogenated alkanes) is 55. The zero-order valence-corrected chi connectivity index (χ0v) is 53.2. The van der Waals surface area contributed by atoms with E-state index in [-0.39, 0.29) is 18.5 Å². The van der Waals surface area contributed by atoms with E-state index in [0.717, 1.165) is 44.9 Å². The number of carbonyl (C=O) groups is 2. The minimum absolute atomic E-state index is 0.0136. The Morgan fingerprint density at radius 1 is 0.346 bits per heavy atom. The molecule has 6 nitrogen and oxygen atoms in total. The summed E-state index contributed by atoms with van der Waals surface area (Å²) in [6, 6.07) is -0.537. The molecule has 0 aliphatic heterocycles. The van der Waals surface area contributed by atoms with E-state index in [4.69, 9.17) is 4.74 Å². The molecule has 78 heavy (non-hydrogen) atoms. The average Bonchev–Trinajstić information content (AvgIpc) is 3.44. The Morgan fingerprint density at radius 2 is 0.603 bits per heavy atom. The van der Waals surface area contributed by atoms with Gasteiger partial charge in [-0.1, -0.05) is 360 Å². The fraction of sp³-hybridized carbons (Fsp3) is 0.944. The average molecular weight is 1100 g/mol. The summed E-state index contributed by atoms with van der Waals surface area (Å²) in [7, 11) is 0. The van der Waals surface area contributed by atoms with Gasteiger partial charge in [0.05, 0.1) is 25.4 Å². The van der Waals surface area contributed by atoms with Gasteiger partial charge in [-0.05, 0) is 51.4 Å². The first-order chi connectivity index (χ1) is 38.5. The first kappa shape index (κ1) is 76.6. The first-order valence-corrected chi connectivity index (χ1v) is 35.9. The number of rotatable bonds is 68. The molecule has 0 aromatic heterocycles. The zero-order valence-electron chi connectivity index (χ0n) is 53.2. The van der Waals surface area contributed by atoms with Gasteiger partial charge in [0.1, 0.15) is 0 Å². The number of esters is 1. The quantitative estimate of drug-likeness (QED) is 0.0320. The lowest BCUT2D eigenvalue weighted by Gasteiger charge is -2.22. The summed E-state index contributed by atoms with van der Waals surface area (Å²) in [4.78, 5) is 24.6. The highest BCUT2D eigenvalue weighted by Gasteiger charge is 2.20. The molecule has 0 saturated carbocycles. The van der Waals surface area contributed by atoms with Crippen LogP contribution >= 0.6 is 0 Å². The summed E-state index contributed by atoms with van der Waals surface area (Å²) in [6.45, 7) is 4.99. The van der Waals surface area contributed by atoms with E-state index in [1.54, 1.807) is 0 Å². The number of hydrogen-bond donors (Lipinski definition) is 3. The van der Waals surface area contributed by atoms with Crippen molar-refractivity contribution >= 4 is 11.9 Å². The molecule has 0 aromatic rings. The molecule has 2 unspecified atom stereocenters. The standard InChI is InChI=1S/C72H141NO5/c1-3-5-7-9-11-13-15-17-36-40-44-48-52-56-60-64-70(75)69(68-74)73-71(76)65-61-57-53-49-45-41-38-34-32-30-28-26-24-22-20-19-21-23-25-27-29-31-33-35-39-43-47-51-55-59-63-67-78-72(77)66-62-58-54-50-46-42-37-18-16-14-12-10-8-6-4-2/h18,37,69-70,74-75H,3-17,19-36,38-68H2,1-2H3,(H,73,76)/b37-18-. The third-order valence-corrected chi connectivity index (χ3v) is 17.1. The van der Waals surface area contributed by atoms with Crippen LogP contribution in [-0.4, -0.2) is 47.4 Å². The van der Waals surface area contributed by atoms with Gasteiger partial charge in [0.2, 0.25) is 5.91 Å². The van der Waals surface area contributed by atoms with Gasteiger partial charge in [0.15, 0.2) is 0 Å². The van der Waals surface area contributed by atoms with Gasteiger partial charge < -0.3 is 20.3 Å². The molecule has 0 aliphatic carbocycles. The molecule has 0 radical (unpaired) electrons. The topological polar surface area (TPSA) is 95.9 Å². The highest BCUT2D eigenvalue weighted by Crippen LogP contribution is 2.19. The summed E-state index contributed by atoms with van der Waals surface area (Å²) < 4.78 is 5.49. The van der Waals surface area contributed by atoms with Crippen LogP contribution in [0, 0.1) is 0 Å². The lowest BCUT2D eigenvalue weighted by molar-refractivity contribution is -0.143. The summed E-state index contributed by atoms with van der Waals surface area (Å²) in [5, 5.41) is 23.3. The number of aliphatic hydroxyl groups excluding tert-OH is 2. The summed E-state index contributed by atoms with van der Waals surface area (Å²) >= 11 is 0. The second kappa shape index (κ2) is 68.1. The van der Waals surface area contributed by atoms with Crippen molar-refractivity contribution in [1.82, 2.24) is 5.32 Å². The molecule has 0 aromatic carbocycles. The number of carbonyl (C=O) groups excluding carboxylic acids is 2. The predicted octanol–water partition coefficient (Wildman–Crippen LogP) is 23.1. The highest BCUT2D eigenvalue weighted by atomic mass is 16.5. The van der Waals surface area contributed by atoms with Gasteiger partial charge >= 0.3 is 5.97 Å². The Hall–Kier alpha value is -1.40. The van der Waals surface area contributed by atoms with Crippen molar-refractivity contribution in [1.29, 1.82) is 0 Å². The molecule has 0 heterocycles. The number of hydrogen-bond acceptors (Lipinski definition) is 5. The van der Waals surface area contributed by atoms with E-state index in [1.807, 2.05) is 0 Å². The van der Waals surface area contributed by atoms with Crippen LogP contribution in [0.2, 0.25) is 0 Å². The van der Waals surface area contributed by atoms with Crippen LogP contribution in [0.1, 0.15) is 412 Å². The van der Waals surface area contributed by atoms with Gasteiger partial charge in [-0.25, -0.2) is 0 Å². The molecule has 3 N–H and O–H groups in total. The minimum Gasteiger partial charge on any atom is -0.466 e. The summed E-state index contributed by atoms with van der Waals surface area (Å²) in [5.41, 5.74) is 0. The van der Waals surface area contributed by atoms with E-state index < -0.39 is 12.1 Å². The van der Waals surface area contributed by atoms with Gasteiger partial charge in [0, 0.05) is 12.8 Å². The highest BCUT2D eigenvalue weighted by molar-refractivity contribution is 5.76. The zero-order chi connectivity index (χ0) is 56.4. The smallest absolute Gasteiger partial charge is 0.305 e. The molecule has 1 amide bonds. The van der Waals surface area contributed by atoms with Crippen LogP contribution in [0.25, 0.3) is 0 Å². The Balaban J connectivity index is 3.31. The van der Waals surface area contributed by atoms with Gasteiger partial charge in [-0.3, -0.25) is 9.59 Å². The van der Waals surface area contributed by atoms with Crippen LogP contribution < -0.4 is 5.32 Å². The number of allylic oxidation sites excluding steroid dienone is 2. The largest absolute Gasteiger partial charge is 0.466 e. The van der Waals surface area contributed by atoms with Crippen LogP contribution in [0.4, 0.5) is 0 Å². The molecular weight excluding hydrogens is 959 g/mol. The molecule has 0 fully saturated rings. The van der Waals surface area contributed by atoms with Crippen molar-refractivity contribution in [3.05, 3.63) is 12.2 Å². The fourth-order valence-electron chi connectivity index (χ4n) is 11.6. The monoisotopic (exact) mass is 1100 g/mol. The van der Waals surface area contributed by atoms with Crippen molar-refractivity contribution in [2.75, 3.05) is 13.2 Å². The molecule has 2 atom stereocenters. The van der Waals surface area contributed by atoms with Crippen molar-refractivity contribution in [3.8, 4) is 0 Å². The van der Waals surface area contributed by atoms with Crippen molar-refractivity contribution in [3.63, 3.8) is 0 Å². The Kier molecular flexibility index (Phi) is 66.9. The number of amides is 1. The molecule has 0 rings (SSSR count). The van der Waals surface area contributed by atoms with Crippen molar-refractivity contribution in [2.24, 2.45) is 0 Å². The molecular formula is C72H141NO5. The summed E-state index contributed by atoms with van der Waals surface area (Å²) in [5.74, 6) is -0.0137. The molecule has 0 spiro atoms. The lowest BCUT2D eigenvalue weighted by Crippen LogP contribution is -2.45. The third kappa shape index (κ3) is 63.8. The second-order valence-electron chi connectivity index (χ2n) is 24.9. The van der Waals surface area contributed by atoms with Gasteiger partial charge in [0.25, 0.3) is 0 Å². The van der Waals surface area contributed by atoms with E-state index in [9.17, 15) is 19.8 Å². The molecule has 0 aliphatic rings. The Labute approximate surface area is 489 Å². The van der Waals surface area contributed by atoms with E-state index in [1.165, 1.54) is 334 Å². The van der Waals surface area contributed by atoms with Crippen LogP contribution in [0.3, 0.4) is 0 Å². The number of ether oxygens (including phenoxy) is 1. The third-order valence-electron chi connectivity index (χ3n) is 17.1. The maximum absolute atomic E-state index is 12.5. The maximum Gasteiger partial charge on any atom is 0.305 e. The van der Waals surface area contributed by atoms with Crippen molar-refractivity contribution in [2.45, 2.75) is 424 Å². The van der Waals surface area contributed by atoms with Crippen LogP contribution in [-0.2, 0) is 14.3 Å². The fourth-order valence-corrected chi connectivity index (χ4v) is 11.6. The predicted molar refractivity (Wildman–Crippen MR) is 343 cm³/mol. The number of aliphatic hydroxyl groups is 2. The Bertz CT molecular complexity index is 1180. The second-order valence-corrected chi connectivity index (χ2v) is 24.9. The maximum atomic E-state index is 12.5. The Morgan fingerprint density at radius 3 is 0.910 bits per heavy atom. The van der Waals surface area contributed by atoms with E-state index in [0.29, 0.717) is 25.9 Å². The first-order valence-electron chi connectivity index (χ1n) is 35.9. The molecule has 0 bridgehead atoms. The normalized spacial score (nSPS) is 12.5. The SMILES string of the molecule is CCCCCCCC/C=C\CCCCCCCC(=O)OCCCCCCCCCCCCCCCCCCCCCCCCCCCCCCCCCC(=O)NC(CO)C(O)CCCCCCCCCCCCCCCCC. The summed E-state index contributed by atoms with van der Waals surface area (Å²) in [6.07, 6.45) is 84.2. The lowest BCUT2D eigenvalue weighted by atomic mass is 10.0. The van der Waals surface area contributed by atoms with Crippen LogP contribution in [0.5, 0.6) is 0 Å². The van der Waals surface area contributed by atoms with Crippen LogP contribution in [0.15, 0.2) is 12.2 Å². The van der Waals surface area contributed by atoms with Crippen molar-refractivity contribution < 1.29 is 24.5 Å². The van der Waals surface area contributed by atoms with Gasteiger partial charge in [-0.15, -0.1) is 0 Å². The molecule has 6 heteroatoms. The van der Waals surface area contributed by atoms with Gasteiger partial charge in [-0.2, -0.15) is 0 Å². The molecule has 0 saturated heterocycles. The number of nitrogens with one attached hydrogen (secondary N) is 1. The minimum atomic E-state index is -0.660. The van der Waals surface area contributed by atoms with E-state index in [2.05, 4.69) is 31.3 Å². The van der Waals surface area contributed by atoms with E-state index >= 15 is 0 Å².